The maximum Gasteiger partial charge on any atom is 0.0511 e. The van der Waals surface area contributed by atoms with E-state index in [1.807, 2.05) is 11.8 Å². The molecule has 12 heavy (non-hydrogen) atoms. The van der Waals surface area contributed by atoms with E-state index in [2.05, 4.69) is 31.8 Å². The average molecular weight is 177 g/mol. The third-order valence-corrected chi connectivity index (χ3v) is 3.53. The molecule has 2 rings (SSSR count). The summed E-state index contributed by atoms with van der Waals surface area (Å²) in [6.45, 7) is 4.46. The third kappa shape index (κ3) is 1.08. The Morgan fingerprint density at radius 2 is 2.00 bits per heavy atom. The second-order valence-electron chi connectivity index (χ2n) is 3.05. The Morgan fingerprint density at radius 1 is 1.17 bits per heavy atom. The minimum Gasteiger partial charge on any atom is -0.120 e. The fourth-order valence-electron chi connectivity index (χ4n) is 1.73. The van der Waals surface area contributed by atoms with E-state index >= 15 is 0 Å². The van der Waals surface area contributed by atoms with Crippen LogP contribution in [0.1, 0.15) is 26.7 Å². The van der Waals surface area contributed by atoms with Crippen LogP contribution in [0.15, 0.2) is 33.8 Å². The van der Waals surface area contributed by atoms with Gasteiger partial charge in [0.15, 0.2) is 0 Å². The number of thioether (sulfide) groups is 1. The molecular formula is C11H13S. The van der Waals surface area contributed by atoms with Crippen molar-refractivity contribution in [3.63, 3.8) is 0 Å². The van der Waals surface area contributed by atoms with E-state index in [0.29, 0.717) is 0 Å². The van der Waals surface area contributed by atoms with Crippen LogP contribution in [0.4, 0.5) is 0 Å². The van der Waals surface area contributed by atoms with Crippen LogP contribution in [0.2, 0.25) is 0 Å². The molecule has 0 bridgehead atoms. The zero-order chi connectivity index (χ0) is 8.55. The summed E-state index contributed by atoms with van der Waals surface area (Å²) in [7, 11) is 0. The van der Waals surface area contributed by atoms with Gasteiger partial charge in [-0.05, 0) is 34.5 Å². The zero-order valence-corrected chi connectivity index (χ0v) is 8.37. The van der Waals surface area contributed by atoms with Crippen LogP contribution in [0.25, 0.3) is 0 Å². The molecule has 0 fully saturated rings. The summed E-state index contributed by atoms with van der Waals surface area (Å²) in [6.07, 6.45) is 6.83. The lowest BCUT2D eigenvalue weighted by Crippen LogP contribution is -1.85. The van der Waals surface area contributed by atoms with Crippen LogP contribution in [-0.4, -0.2) is 0 Å². The molecule has 63 valence electrons. The van der Waals surface area contributed by atoms with Crippen LogP contribution < -0.4 is 0 Å². The van der Waals surface area contributed by atoms with Crippen LogP contribution in [0.5, 0.6) is 0 Å². The van der Waals surface area contributed by atoms with Crippen molar-refractivity contribution < 1.29 is 0 Å². The highest BCUT2D eigenvalue weighted by atomic mass is 32.2. The van der Waals surface area contributed by atoms with Gasteiger partial charge in [0, 0.05) is 0 Å². The van der Waals surface area contributed by atoms with Gasteiger partial charge in [-0.15, -0.1) is 11.8 Å². The Bertz CT molecular complexity index is 292. The van der Waals surface area contributed by atoms with E-state index < -0.39 is 0 Å². The highest BCUT2D eigenvalue weighted by Gasteiger charge is 2.24. The molecule has 0 nitrogen and oxygen atoms in total. The molecule has 1 radical (unpaired) electrons. The van der Waals surface area contributed by atoms with Gasteiger partial charge >= 0.3 is 0 Å². The molecule has 1 heterocycles. The van der Waals surface area contributed by atoms with Gasteiger partial charge in [-0.1, -0.05) is 26.0 Å². The standard InChI is InChI=1S/C11H13S/c1-3-8-5-6-9-7-12-10(4-2)11(8)9/h5-7H,3-4H2,1-2H3. The second-order valence-corrected chi connectivity index (χ2v) is 4.02. The van der Waals surface area contributed by atoms with Gasteiger partial charge in [0.05, 0.1) is 5.75 Å². The lowest BCUT2D eigenvalue weighted by atomic mass is 10.0. The molecule has 1 aliphatic carbocycles. The van der Waals surface area contributed by atoms with E-state index in [9.17, 15) is 0 Å². The van der Waals surface area contributed by atoms with E-state index in [1.54, 1.807) is 4.91 Å². The van der Waals surface area contributed by atoms with Gasteiger partial charge in [-0.3, -0.25) is 0 Å². The van der Waals surface area contributed by atoms with Gasteiger partial charge in [-0.2, -0.15) is 0 Å². The topological polar surface area (TPSA) is 0 Å². The highest BCUT2D eigenvalue weighted by Crippen LogP contribution is 2.47. The van der Waals surface area contributed by atoms with Crippen molar-refractivity contribution in [2.45, 2.75) is 26.7 Å². The lowest BCUT2D eigenvalue weighted by molar-refractivity contribution is 1.10. The first kappa shape index (κ1) is 8.18. The summed E-state index contributed by atoms with van der Waals surface area (Å²) >= 11 is 1.90. The van der Waals surface area contributed by atoms with Crippen molar-refractivity contribution in [1.82, 2.24) is 0 Å². The monoisotopic (exact) mass is 177 g/mol. The molecule has 1 heteroatoms. The van der Waals surface area contributed by atoms with Crippen LogP contribution in [0.3, 0.4) is 0 Å². The van der Waals surface area contributed by atoms with Gasteiger partial charge < -0.3 is 0 Å². The predicted octanol–water partition coefficient (Wildman–Crippen LogP) is 3.84. The molecule has 0 amide bonds. The van der Waals surface area contributed by atoms with Gasteiger partial charge in [0.2, 0.25) is 0 Å². The first-order valence-electron chi connectivity index (χ1n) is 4.51. The smallest absolute Gasteiger partial charge is 0.0511 e. The first-order valence-corrected chi connectivity index (χ1v) is 5.39. The summed E-state index contributed by atoms with van der Waals surface area (Å²) in [4.78, 5) is 1.55. The van der Waals surface area contributed by atoms with Crippen molar-refractivity contribution in [3.05, 3.63) is 39.5 Å². The molecule has 1 aliphatic heterocycles. The molecular weight excluding hydrogens is 164 g/mol. The molecule has 0 aromatic heterocycles. The Hall–Kier alpha value is -0.430. The largest absolute Gasteiger partial charge is 0.120 e. The quantitative estimate of drug-likeness (QED) is 0.617. The Morgan fingerprint density at radius 3 is 2.67 bits per heavy atom. The molecule has 0 saturated carbocycles. The van der Waals surface area contributed by atoms with Crippen molar-refractivity contribution in [3.8, 4) is 0 Å². The first-order chi connectivity index (χ1) is 5.86. The predicted molar refractivity (Wildman–Crippen MR) is 55.7 cm³/mol. The van der Waals surface area contributed by atoms with Crippen LogP contribution >= 0.6 is 11.8 Å². The summed E-state index contributed by atoms with van der Waals surface area (Å²) in [5.74, 6) is 2.27. The highest BCUT2D eigenvalue weighted by molar-refractivity contribution is 8.05. The molecule has 0 spiro atoms. The number of hydrogen-bond donors (Lipinski definition) is 0. The van der Waals surface area contributed by atoms with E-state index in [4.69, 9.17) is 0 Å². The van der Waals surface area contributed by atoms with Gasteiger partial charge in [0.25, 0.3) is 0 Å². The maximum atomic E-state index is 2.27. The van der Waals surface area contributed by atoms with Crippen molar-refractivity contribution in [1.29, 1.82) is 0 Å². The molecule has 0 atom stereocenters. The summed E-state index contributed by atoms with van der Waals surface area (Å²) in [5, 5.41) is 0. The number of rotatable bonds is 2. The number of hydrogen-bond acceptors (Lipinski definition) is 1. The minimum atomic E-state index is 1.16. The van der Waals surface area contributed by atoms with Gasteiger partial charge in [0.1, 0.15) is 0 Å². The summed E-state index contributed by atoms with van der Waals surface area (Å²) in [5.41, 5.74) is 4.49. The lowest BCUT2D eigenvalue weighted by Gasteiger charge is -2.03. The van der Waals surface area contributed by atoms with Crippen molar-refractivity contribution >= 4 is 11.8 Å². The summed E-state index contributed by atoms with van der Waals surface area (Å²) in [6, 6.07) is 0. The number of fused-ring (bicyclic) bond motifs is 1. The van der Waals surface area contributed by atoms with Crippen LogP contribution in [0, 0.1) is 5.75 Å². The van der Waals surface area contributed by atoms with E-state index in [0.717, 1.165) is 6.42 Å². The molecule has 2 aliphatic rings. The minimum absolute atomic E-state index is 1.16. The molecule has 0 aromatic carbocycles. The molecule has 0 aromatic rings. The fourth-order valence-corrected chi connectivity index (χ4v) is 2.73. The molecule has 0 N–H and O–H groups in total. The molecule has 0 saturated heterocycles. The van der Waals surface area contributed by atoms with Crippen LogP contribution in [-0.2, 0) is 0 Å². The SMILES string of the molecule is CCC1=CC=C2[CH]SC(CC)=C21. The normalized spacial score (nSPS) is 21.2. The maximum absolute atomic E-state index is 2.27. The Labute approximate surface area is 78.4 Å². The molecule has 0 unspecified atom stereocenters. The Kier molecular flexibility index (Phi) is 2.14. The average Bonchev–Trinajstić information content (AvgIpc) is 2.62. The van der Waals surface area contributed by atoms with Crippen molar-refractivity contribution in [2.75, 3.05) is 0 Å². The van der Waals surface area contributed by atoms with Gasteiger partial charge in [-0.25, -0.2) is 0 Å². The van der Waals surface area contributed by atoms with E-state index in [1.165, 1.54) is 23.1 Å². The van der Waals surface area contributed by atoms with Crippen molar-refractivity contribution in [2.24, 2.45) is 0 Å². The number of allylic oxidation sites excluding steroid dienone is 5. The zero-order valence-electron chi connectivity index (χ0n) is 7.55. The second kappa shape index (κ2) is 3.14. The van der Waals surface area contributed by atoms with E-state index in [-0.39, 0.29) is 0 Å². The Balaban J connectivity index is 2.38. The third-order valence-electron chi connectivity index (χ3n) is 2.38. The fraction of sp³-hybridized carbons (Fsp3) is 0.364. The summed E-state index contributed by atoms with van der Waals surface area (Å²) < 4.78 is 0.